The molecule has 142 valence electrons. The zero-order valence-electron chi connectivity index (χ0n) is 15.5. The minimum atomic E-state index is -0.810. The van der Waals surface area contributed by atoms with Gasteiger partial charge in [-0.3, -0.25) is 9.59 Å². The minimum Gasteiger partial charge on any atom is -0.481 e. The van der Waals surface area contributed by atoms with Crippen molar-refractivity contribution in [2.45, 2.75) is 96.1 Å². The number of thioether (sulfide) groups is 1. The molecular formula is C19H36O4S. The first-order valence-electron chi connectivity index (χ1n) is 9.53. The molecule has 0 bridgehead atoms. The first kappa shape index (κ1) is 23.3. The number of hydrogen-bond donors (Lipinski definition) is 2. The summed E-state index contributed by atoms with van der Waals surface area (Å²) in [6.07, 6.45) is 13.7. The van der Waals surface area contributed by atoms with Crippen molar-refractivity contribution in [3.05, 3.63) is 0 Å². The Morgan fingerprint density at radius 2 is 1.38 bits per heavy atom. The first-order chi connectivity index (χ1) is 11.5. The average Bonchev–Trinajstić information content (AvgIpc) is 2.53. The van der Waals surface area contributed by atoms with Gasteiger partial charge in [-0.1, -0.05) is 78.1 Å². The van der Waals surface area contributed by atoms with Crippen LogP contribution in [-0.2, 0) is 9.59 Å². The normalized spacial score (nSPS) is 13.6. The molecule has 24 heavy (non-hydrogen) atoms. The smallest absolute Gasteiger partial charge is 0.307 e. The van der Waals surface area contributed by atoms with Crippen LogP contribution in [0, 0.1) is 5.92 Å². The number of unbranched alkanes of at least 4 members (excludes halogenated alkanes) is 9. The largest absolute Gasteiger partial charge is 0.481 e. The van der Waals surface area contributed by atoms with Crippen LogP contribution in [0.1, 0.15) is 90.9 Å². The Balaban J connectivity index is 3.71. The molecule has 2 N–H and O–H groups in total. The standard InChI is InChI=1S/C19H36O4S/c1-3-4-5-6-7-8-9-10-11-12-13-17(14-18(20)21)24-15-16(2)19(22)23/h16-17H,3-15H2,1-2H3,(H,20,21)(H,22,23). The second-order valence-electron chi connectivity index (χ2n) is 6.76. The second kappa shape index (κ2) is 15.8. The Morgan fingerprint density at radius 1 is 0.875 bits per heavy atom. The summed E-state index contributed by atoms with van der Waals surface area (Å²) in [5.74, 6) is -1.53. The maximum atomic E-state index is 10.9. The Bertz CT molecular complexity index is 333. The molecule has 0 heterocycles. The molecule has 5 heteroatoms. The van der Waals surface area contributed by atoms with Crippen molar-refractivity contribution in [1.82, 2.24) is 0 Å². The summed E-state index contributed by atoms with van der Waals surface area (Å²) in [5, 5.41) is 17.9. The molecule has 0 aliphatic heterocycles. The van der Waals surface area contributed by atoms with Crippen molar-refractivity contribution < 1.29 is 19.8 Å². The number of carbonyl (C=O) groups is 2. The van der Waals surface area contributed by atoms with Gasteiger partial charge < -0.3 is 10.2 Å². The van der Waals surface area contributed by atoms with Gasteiger partial charge in [-0.05, 0) is 6.42 Å². The fraction of sp³-hybridized carbons (Fsp3) is 0.895. The molecule has 0 saturated heterocycles. The summed E-state index contributed by atoms with van der Waals surface area (Å²) in [4.78, 5) is 21.8. The van der Waals surface area contributed by atoms with Crippen molar-refractivity contribution in [3.63, 3.8) is 0 Å². The van der Waals surface area contributed by atoms with E-state index in [1.807, 2.05) is 0 Å². The molecular weight excluding hydrogens is 324 g/mol. The van der Waals surface area contributed by atoms with Crippen LogP contribution in [-0.4, -0.2) is 33.2 Å². The third-order valence-electron chi connectivity index (χ3n) is 4.29. The summed E-state index contributed by atoms with van der Waals surface area (Å²) in [7, 11) is 0. The molecule has 0 fully saturated rings. The highest BCUT2D eigenvalue weighted by atomic mass is 32.2. The molecule has 0 aromatic carbocycles. The first-order valence-corrected chi connectivity index (χ1v) is 10.6. The van der Waals surface area contributed by atoms with Gasteiger partial charge in [-0.25, -0.2) is 0 Å². The molecule has 0 aromatic rings. The van der Waals surface area contributed by atoms with E-state index >= 15 is 0 Å². The zero-order chi connectivity index (χ0) is 18.2. The molecule has 0 amide bonds. The second-order valence-corrected chi connectivity index (χ2v) is 8.10. The number of rotatable bonds is 17. The van der Waals surface area contributed by atoms with Gasteiger partial charge in [0.2, 0.25) is 0 Å². The summed E-state index contributed by atoms with van der Waals surface area (Å²) in [5.41, 5.74) is 0. The van der Waals surface area contributed by atoms with Crippen LogP contribution >= 0.6 is 11.8 Å². The van der Waals surface area contributed by atoms with Gasteiger partial charge in [0.05, 0.1) is 12.3 Å². The highest BCUT2D eigenvalue weighted by Crippen LogP contribution is 2.24. The highest BCUT2D eigenvalue weighted by molar-refractivity contribution is 7.99. The van der Waals surface area contributed by atoms with Gasteiger partial charge >= 0.3 is 11.9 Å². The number of carboxylic acids is 2. The van der Waals surface area contributed by atoms with Crippen LogP contribution in [0.4, 0.5) is 0 Å². The lowest BCUT2D eigenvalue weighted by Crippen LogP contribution is -2.16. The van der Waals surface area contributed by atoms with Crippen molar-refractivity contribution in [1.29, 1.82) is 0 Å². The van der Waals surface area contributed by atoms with E-state index in [1.165, 1.54) is 63.1 Å². The maximum absolute atomic E-state index is 10.9. The molecule has 0 aliphatic rings. The number of aliphatic carboxylic acids is 2. The SMILES string of the molecule is CCCCCCCCCCCCC(CC(=O)O)SCC(C)C(=O)O. The lowest BCUT2D eigenvalue weighted by atomic mass is 10.0. The summed E-state index contributed by atoms with van der Waals surface area (Å²) in [6, 6.07) is 0. The van der Waals surface area contributed by atoms with E-state index in [-0.39, 0.29) is 11.7 Å². The van der Waals surface area contributed by atoms with Crippen molar-refractivity contribution in [3.8, 4) is 0 Å². The van der Waals surface area contributed by atoms with Crippen LogP contribution in [0.15, 0.2) is 0 Å². The predicted octanol–water partition coefficient (Wildman–Crippen LogP) is 5.59. The van der Waals surface area contributed by atoms with E-state index in [2.05, 4.69) is 6.92 Å². The van der Waals surface area contributed by atoms with Crippen molar-refractivity contribution in [2.24, 2.45) is 5.92 Å². The van der Waals surface area contributed by atoms with E-state index in [1.54, 1.807) is 6.92 Å². The highest BCUT2D eigenvalue weighted by Gasteiger charge is 2.17. The monoisotopic (exact) mass is 360 g/mol. The molecule has 0 radical (unpaired) electrons. The Labute approximate surface area is 151 Å². The topological polar surface area (TPSA) is 74.6 Å². The average molecular weight is 361 g/mol. The fourth-order valence-electron chi connectivity index (χ4n) is 2.65. The number of hydrogen-bond acceptors (Lipinski definition) is 3. The Kier molecular flexibility index (Phi) is 15.3. The molecule has 4 nitrogen and oxygen atoms in total. The van der Waals surface area contributed by atoms with Crippen LogP contribution in [0.3, 0.4) is 0 Å². The third kappa shape index (κ3) is 14.9. The molecule has 2 unspecified atom stereocenters. The van der Waals surface area contributed by atoms with Crippen LogP contribution in [0.25, 0.3) is 0 Å². The summed E-state index contributed by atoms with van der Waals surface area (Å²) >= 11 is 1.50. The van der Waals surface area contributed by atoms with Gasteiger partial charge in [-0.2, -0.15) is 11.8 Å². The van der Waals surface area contributed by atoms with Gasteiger partial charge in [0, 0.05) is 11.0 Å². The van der Waals surface area contributed by atoms with Gasteiger partial charge in [0.25, 0.3) is 0 Å². The summed E-state index contributed by atoms with van der Waals surface area (Å²) < 4.78 is 0. The van der Waals surface area contributed by atoms with E-state index in [0.717, 1.165) is 19.3 Å². The van der Waals surface area contributed by atoms with E-state index < -0.39 is 17.9 Å². The molecule has 0 aromatic heterocycles. The summed E-state index contributed by atoms with van der Waals surface area (Å²) in [6.45, 7) is 3.91. The molecule has 0 spiro atoms. The third-order valence-corrected chi connectivity index (χ3v) is 5.85. The lowest BCUT2D eigenvalue weighted by Gasteiger charge is -2.16. The van der Waals surface area contributed by atoms with Crippen LogP contribution in [0.2, 0.25) is 0 Å². The molecule has 0 aliphatic carbocycles. The Hall–Kier alpha value is -0.710. The van der Waals surface area contributed by atoms with Gasteiger partial charge in [-0.15, -0.1) is 0 Å². The van der Waals surface area contributed by atoms with E-state index in [0.29, 0.717) is 5.75 Å². The maximum Gasteiger partial charge on any atom is 0.307 e. The van der Waals surface area contributed by atoms with E-state index in [4.69, 9.17) is 10.2 Å². The van der Waals surface area contributed by atoms with Crippen molar-refractivity contribution in [2.75, 3.05) is 5.75 Å². The fourth-order valence-corrected chi connectivity index (χ4v) is 3.95. The predicted molar refractivity (Wildman–Crippen MR) is 102 cm³/mol. The van der Waals surface area contributed by atoms with Crippen LogP contribution < -0.4 is 0 Å². The van der Waals surface area contributed by atoms with Crippen LogP contribution in [0.5, 0.6) is 0 Å². The zero-order valence-corrected chi connectivity index (χ0v) is 16.3. The molecule has 0 saturated carbocycles. The lowest BCUT2D eigenvalue weighted by molar-refractivity contribution is -0.140. The van der Waals surface area contributed by atoms with Gasteiger partial charge in [0.1, 0.15) is 0 Å². The van der Waals surface area contributed by atoms with E-state index in [9.17, 15) is 9.59 Å². The molecule has 0 rings (SSSR count). The quantitative estimate of drug-likeness (QED) is 0.330. The van der Waals surface area contributed by atoms with Gasteiger partial charge in [0.15, 0.2) is 0 Å². The van der Waals surface area contributed by atoms with Crippen molar-refractivity contribution >= 4 is 23.7 Å². The Morgan fingerprint density at radius 3 is 1.83 bits per heavy atom. The number of carboxylic acid groups (broad SMARTS) is 2. The molecule has 2 atom stereocenters. The minimum absolute atomic E-state index is 0.0401.